The molecule has 5 heteroatoms. The highest BCUT2D eigenvalue weighted by atomic mass is 32.2. The van der Waals surface area contributed by atoms with Crippen LogP contribution in [0, 0.1) is 0 Å². The van der Waals surface area contributed by atoms with Gasteiger partial charge in [0.2, 0.25) is 0 Å². The zero-order valence-corrected chi connectivity index (χ0v) is 11.7. The van der Waals surface area contributed by atoms with Crippen molar-refractivity contribution in [3.05, 3.63) is 42.2 Å². The molecule has 3 rings (SSSR count). The van der Waals surface area contributed by atoms with E-state index in [2.05, 4.69) is 4.98 Å². The zero-order chi connectivity index (χ0) is 13.8. The first-order valence-corrected chi connectivity index (χ1v) is 7.50. The van der Waals surface area contributed by atoms with E-state index in [1.54, 1.807) is 12.3 Å². The monoisotopic (exact) mass is 289 g/mol. The fraction of sp³-hybridized carbons (Fsp3) is 0.267. The molecular formula is C15H15NO3S. The number of aromatic nitrogens is 1. The summed E-state index contributed by atoms with van der Waals surface area (Å²) in [6.07, 6.45) is 2.65. The Morgan fingerprint density at radius 2 is 2.05 bits per heavy atom. The summed E-state index contributed by atoms with van der Waals surface area (Å²) < 4.78 is 11.2. The van der Waals surface area contributed by atoms with E-state index in [4.69, 9.17) is 9.47 Å². The largest absolute Gasteiger partial charge is 0.490 e. The van der Waals surface area contributed by atoms with Gasteiger partial charge in [0.25, 0.3) is 0 Å². The normalized spacial score (nSPS) is 13.8. The predicted molar refractivity (Wildman–Crippen MR) is 77.9 cm³/mol. The molecule has 1 aliphatic heterocycles. The number of benzene rings is 1. The molecule has 0 amide bonds. The fourth-order valence-corrected chi connectivity index (χ4v) is 2.77. The summed E-state index contributed by atoms with van der Waals surface area (Å²) in [5.74, 6) is 2.04. The number of hydrogen-bond donors (Lipinski definition) is 1. The van der Waals surface area contributed by atoms with Gasteiger partial charge in [0.15, 0.2) is 17.3 Å². The summed E-state index contributed by atoms with van der Waals surface area (Å²) in [6, 6.07) is 9.41. The molecule has 104 valence electrons. The number of carbonyl (C=O) groups excluding carboxylic acids is 1. The van der Waals surface area contributed by atoms with E-state index < -0.39 is 0 Å². The molecule has 0 unspecified atom stereocenters. The molecular weight excluding hydrogens is 274 g/mol. The Labute approximate surface area is 121 Å². The van der Waals surface area contributed by atoms with Crippen LogP contribution in [0.1, 0.15) is 16.9 Å². The van der Waals surface area contributed by atoms with Crippen molar-refractivity contribution in [2.75, 3.05) is 19.0 Å². The van der Waals surface area contributed by atoms with Crippen LogP contribution in [0.4, 0.5) is 0 Å². The first-order chi connectivity index (χ1) is 9.83. The number of ether oxygens (including phenoxy) is 2. The third-order valence-electron chi connectivity index (χ3n) is 2.99. The molecule has 1 aromatic heterocycles. The number of rotatable bonds is 4. The van der Waals surface area contributed by atoms with Gasteiger partial charge in [-0.3, -0.25) is 4.79 Å². The minimum atomic E-state index is 0.0899. The van der Waals surface area contributed by atoms with Gasteiger partial charge in [-0.05, 0) is 30.3 Å². The van der Waals surface area contributed by atoms with Gasteiger partial charge < -0.3 is 14.5 Å². The number of fused-ring (bicyclic) bond motifs is 1. The molecule has 4 nitrogen and oxygen atoms in total. The summed E-state index contributed by atoms with van der Waals surface area (Å²) in [5.41, 5.74) is 0.645. The first-order valence-electron chi connectivity index (χ1n) is 6.52. The van der Waals surface area contributed by atoms with Crippen molar-refractivity contribution >= 4 is 17.5 Å². The van der Waals surface area contributed by atoms with Gasteiger partial charge in [-0.2, -0.15) is 0 Å². The standard InChI is InChI=1S/C15H15NO3S/c17-13(12-3-1-6-16-12)10-20-11-4-5-14-15(9-11)19-8-2-7-18-14/h1,3-6,9,16H,2,7-8,10H2. The summed E-state index contributed by atoms with van der Waals surface area (Å²) >= 11 is 1.50. The molecule has 1 aliphatic rings. The molecule has 0 saturated carbocycles. The average Bonchev–Trinajstić information content (AvgIpc) is 2.90. The van der Waals surface area contributed by atoms with Gasteiger partial charge in [0.05, 0.1) is 24.7 Å². The second kappa shape index (κ2) is 6.05. The lowest BCUT2D eigenvalue weighted by Crippen LogP contribution is -2.02. The second-order valence-electron chi connectivity index (χ2n) is 4.45. The van der Waals surface area contributed by atoms with Gasteiger partial charge in [0, 0.05) is 17.5 Å². The first kappa shape index (κ1) is 13.1. The quantitative estimate of drug-likeness (QED) is 0.694. The van der Waals surface area contributed by atoms with Crippen LogP contribution in [0.15, 0.2) is 41.4 Å². The number of thioether (sulfide) groups is 1. The minimum absolute atomic E-state index is 0.0899. The van der Waals surface area contributed by atoms with E-state index in [0.29, 0.717) is 24.7 Å². The summed E-state index contributed by atoms with van der Waals surface area (Å²) in [6.45, 7) is 1.35. The molecule has 0 saturated heterocycles. The van der Waals surface area contributed by atoms with Crippen LogP contribution in [-0.2, 0) is 0 Å². The Balaban J connectivity index is 1.66. The molecule has 0 radical (unpaired) electrons. The topological polar surface area (TPSA) is 51.3 Å². The van der Waals surface area contributed by atoms with Crippen LogP contribution in [0.3, 0.4) is 0 Å². The van der Waals surface area contributed by atoms with Crippen molar-refractivity contribution in [2.45, 2.75) is 11.3 Å². The Bertz CT molecular complexity index is 595. The fourth-order valence-electron chi connectivity index (χ4n) is 1.96. The molecule has 1 N–H and O–H groups in total. The van der Waals surface area contributed by atoms with E-state index in [9.17, 15) is 4.79 Å². The van der Waals surface area contributed by atoms with Crippen LogP contribution in [0.2, 0.25) is 0 Å². The van der Waals surface area contributed by atoms with Gasteiger partial charge in [-0.25, -0.2) is 0 Å². The maximum Gasteiger partial charge on any atom is 0.189 e. The van der Waals surface area contributed by atoms with Gasteiger partial charge in [-0.1, -0.05) is 0 Å². The summed E-state index contributed by atoms with van der Waals surface area (Å²) in [4.78, 5) is 15.8. The lowest BCUT2D eigenvalue weighted by atomic mass is 10.3. The maximum atomic E-state index is 11.9. The Morgan fingerprint density at radius 3 is 2.85 bits per heavy atom. The molecule has 0 fully saturated rings. The van der Waals surface area contributed by atoms with Crippen LogP contribution in [0.5, 0.6) is 11.5 Å². The third-order valence-corrected chi connectivity index (χ3v) is 3.98. The lowest BCUT2D eigenvalue weighted by molar-refractivity contribution is 0.101. The second-order valence-corrected chi connectivity index (χ2v) is 5.50. The van der Waals surface area contributed by atoms with E-state index in [-0.39, 0.29) is 5.78 Å². The number of aromatic amines is 1. The predicted octanol–water partition coefficient (Wildman–Crippen LogP) is 3.15. The van der Waals surface area contributed by atoms with Gasteiger partial charge >= 0.3 is 0 Å². The van der Waals surface area contributed by atoms with Gasteiger partial charge in [0.1, 0.15) is 0 Å². The molecule has 2 heterocycles. The van der Waals surface area contributed by atoms with Crippen molar-refractivity contribution in [2.24, 2.45) is 0 Å². The highest BCUT2D eigenvalue weighted by Gasteiger charge is 2.12. The van der Waals surface area contributed by atoms with Crippen molar-refractivity contribution in [3.63, 3.8) is 0 Å². The molecule has 0 bridgehead atoms. The van der Waals surface area contributed by atoms with Crippen LogP contribution in [-0.4, -0.2) is 29.7 Å². The van der Waals surface area contributed by atoms with Crippen LogP contribution >= 0.6 is 11.8 Å². The van der Waals surface area contributed by atoms with Crippen LogP contribution in [0.25, 0.3) is 0 Å². The highest BCUT2D eigenvalue weighted by molar-refractivity contribution is 8.00. The highest BCUT2D eigenvalue weighted by Crippen LogP contribution is 2.33. The number of hydrogen-bond acceptors (Lipinski definition) is 4. The van der Waals surface area contributed by atoms with E-state index in [0.717, 1.165) is 22.8 Å². The molecule has 2 aromatic rings. The zero-order valence-electron chi connectivity index (χ0n) is 10.9. The number of carbonyl (C=O) groups is 1. The minimum Gasteiger partial charge on any atom is -0.490 e. The maximum absolute atomic E-state index is 11.9. The number of ketones is 1. The SMILES string of the molecule is O=C(CSc1ccc2c(c1)OCCCO2)c1ccc[nH]1. The average molecular weight is 289 g/mol. The summed E-state index contributed by atoms with van der Waals surface area (Å²) in [5, 5.41) is 0. The van der Waals surface area contributed by atoms with Crippen molar-refractivity contribution in [1.29, 1.82) is 0 Å². The van der Waals surface area contributed by atoms with E-state index >= 15 is 0 Å². The molecule has 0 spiro atoms. The van der Waals surface area contributed by atoms with Crippen molar-refractivity contribution in [3.8, 4) is 11.5 Å². The van der Waals surface area contributed by atoms with Crippen molar-refractivity contribution < 1.29 is 14.3 Å². The Hall–Kier alpha value is -1.88. The molecule has 0 aliphatic carbocycles. The van der Waals surface area contributed by atoms with E-state index in [1.807, 2.05) is 24.3 Å². The Kier molecular flexibility index (Phi) is 3.97. The van der Waals surface area contributed by atoms with Crippen molar-refractivity contribution in [1.82, 2.24) is 4.98 Å². The van der Waals surface area contributed by atoms with Crippen LogP contribution < -0.4 is 9.47 Å². The third kappa shape index (κ3) is 2.99. The Morgan fingerprint density at radius 1 is 1.20 bits per heavy atom. The van der Waals surface area contributed by atoms with E-state index in [1.165, 1.54) is 11.8 Å². The molecule has 1 aromatic carbocycles. The lowest BCUT2D eigenvalue weighted by Gasteiger charge is -2.08. The smallest absolute Gasteiger partial charge is 0.189 e. The number of Topliss-reactive ketones (excluding diaryl/α,β-unsaturated/α-hetero) is 1. The number of H-pyrrole nitrogens is 1. The molecule has 0 atom stereocenters. The number of nitrogens with one attached hydrogen (secondary N) is 1. The molecule has 20 heavy (non-hydrogen) atoms. The van der Waals surface area contributed by atoms with Gasteiger partial charge in [-0.15, -0.1) is 11.8 Å². The summed E-state index contributed by atoms with van der Waals surface area (Å²) in [7, 11) is 0.